The molecule has 0 heterocycles. The van der Waals surface area contributed by atoms with Gasteiger partial charge in [-0.25, -0.2) is 0 Å². The minimum atomic E-state index is -0.591. The minimum absolute atomic E-state index is 0.0969. The van der Waals surface area contributed by atoms with Crippen molar-refractivity contribution < 1.29 is 19.2 Å². The van der Waals surface area contributed by atoms with Gasteiger partial charge in [0.2, 0.25) is 0 Å². The smallest absolute Gasteiger partial charge is 0.311 e. The Labute approximate surface area is 155 Å². The van der Waals surface area contributed by atoms with Gasteiger partial charge >= 0.3 is 5.69 Å². The van der Waals surface area contributed by atoms with Gasteiger partial charge in [-0.2, -0.15) is 5.26 Å². The van der Waals surface area contributed by atoms with Crippen molar-refractivity contribution in [1.82, 2.24) is 5.32 Å². The fourth-order valence-electron chi connectivity index (χ4n) is 2.28. The number of nitro benzene ring substituents is 1. The van der Waals surface area contributed by atoms with Crippen LogP contribution in [0.5, 0.6) is 11.5 Å². The number of carbonyl (C=O) groups is 1. The van der Waals surface area contributed by atoms with Crippen LogP contribution in [-0.2, 0) is 11.3 Å². The van der Waals surface area contributed by atoms with Crippen molar-refractivity contribution >= 4 is 17.7 Å². The zero-order chi connectivity index (χ0) is 19.8. The Balaban J connectivity index is 2.15. The predicted octanol–water partition coefficient (Wildman–Crippen LogP) is 2.84. The number of methoxy groups -OCH3 is 2. The van der Waals surface area contributed by atoms with Crippen LogP contribution in [-0.4, -0.2) is 25.1 Å². The number of nitrogens with one attached hydrogen (secondary N) is 1. The van der Waals surface area contributed by atoms with Gasteiger partial charge in [-0.05, 0) is 35.4 Å². The highest BCUT2D eigenvalue weighted by Gasteiger charge is 2.16. The van der Waals surface area contributed by atoms with Gasteiger partial charge in [0.1, 0.15) is 17.4 Å². The lowest BCUT2D eigenvalue weighted by Crippen LogP contribution is -2.23. The van der Waals surface area contributed by atoms with Gasteiger partial charge in [-0.15, -0.1) is 0 Å². The largest absolute Gasteiger partial charge is 0.497 e. The van der Waals surface area contributed by atoms with E-state index in [1.807, 2.05) is 6.07 Å². The monoisotopic (exact) mass is 367 g/mol. The normalized spacial score (nSPS) is 10.6. The summed E-state index contributed by atoms with van der Waals surface area (Å²) in [4.78, 5) is 22.7. The van der Waals surface area contributed by atoms with E-state index in [1.54, 1.807) is 31.4 Å². The molecule has 0 saturated heterocycles. The van der Waals surface area contributed by atoms with E-state index in [-0.39, 0.29) is 23.6 Å². The van der Waals surface area contributed by atoms with Crippen molar-refractivity contribution in [1.29, 1.82) is 5.26 Å². The summed E-state index contributed by atoms with van der Waals surface area (Å²) in [7, 11) is 2.88. The van der Waals surface area contributed by atoms with E-state index in [0.29, 0.717) is 11.3 Å². The number of rotatable bonds is 7. The maximum Gasteiger partial charge on any atom is 0.311 e. The predicted molar refractivity (Wildman–Crippen MR) is 98.1 cm³/mol. The van der Waals surface area contributed by atoms with Gasteiger partial charge < -0.3 is 14.8 Å². The molecule has 0 atom stereocenters. The fraction of sp³-hybridized carbons (Fsp3) is 0.158. The first kappa shape index (κ1) is 19.5. The van der Waals surface area contributed by atoms with Crippen LogP contribution in [0.15, 0.2) is 48.0 Å². The standard InChI is InChI=1S/C19H17N3O5/c1-26-16-6-3-13(4-7-16)12-21-19(23)15(11-20)9-14-5-8-18(27-2)17(10-14)22(24)25/h3-10H,12H2,1-2H3,(H,21,23)/b15-9-. The average molecular weight is 367 g/mol. The van der Waals surface area contributed by atoms with E-state index >= 15 is 0 Å². The minimum Gasteiger partial charge on any atom is -0.497 e. The third-order valence-corrected chi connectivity index (χ3v) is 3.69. The molecule has 2 rings (SSSR count). The van der Waals surface area contributed by atoms with Crippen LogP contribution < -0.4 is 14.8 Å². The van der Waals surface area contributed by atoms with Gasteiger partial charge in [-0.1, -0.05) is 18.2 Å². The van der Waals surface area contributed by atoms with Crippen LogP contribution in [0.1, 0.15) is 11.1 Å². The lowest BCUT2D eigenvalue weighted by Gasteiger charge is -2.06. The third kappa shape index (κ3) is 5.06. The molecule has 8 nitrogen and oxygen atoms in total. The zero-order valence-corrected chi connectivity index (χ0v) is 14.8. The Morgan fingerprint density at radius 1 is 1.22 bits per heavy atom. The topological polar surface area (TPSA) is 114 Å². The molecule has 1 N–H and O–H groups in total. The molecule has 0 bridgehead atoms. The summed E-state index contributed by atoms with van der Waals surface area (Å²) in [5, 5.41) is 23.0. The number of benzene rings is 2. The second-order valence-corrected chi connectivity index (χ2v) is 5.39. The number of carbonyl (C=O) groups excluding carboxylic acids is 1. The second-order valence-electron chi connectivity index (χ2n) is 5.39. The Kier molecular flexibility index (Phi) is 6.49. The average Bonchev–Trinajstić information content (AvgIpc) is 2.70. The maximum absolute atomic E-state index is 12.2. The van der Waals surface area contributed by atoms with Crippen molar-refractivity contribution in [2.24, 2.45) is 0 Å². The van der Waals surface area contributed by atoms with Crippen LogP contribution >= 0.6 is 0 Å². The molecule has 0 spiro atoms. The molecule has 0 fully saturated rings. The van der Waals surface area contributed by atoms with Crippen LogP contribution in [0.25, 0.3) is 6.08 Å². The molecular weight excluding hydrogens is 350 g/mol. The van der Waals surface area contributed by atoms with E-state index < -0.39 is 10.8 Å². The molecule has 0 aliphatic carbocycles. The van der Waals surface area contributed by atoms with E-state index in [4.69, 9.17) is 9.47 Å². The molecule has 0 radical (unpaired) electrons. The Morgan fingerprint density at radius 3 is 2.48 bits per heavy atom. The molecular formula is C19H17N3O5. The van der Waals surface area contributed by atoms with Gasteiger partial charge in [0, 0.05) is 12.6 Å². The van der Waals surface area contributed by atoms with Crippen molar-refractivity contribution in [2.75, 3.05) is 14.2 Å². The van der Waals surface area contributed by atoms with Gasteiger partial charge in [0.05, 0.1) is 19.1 Å². The molecule has 138 valence electrons. The van der Waals surface area contributed by atoms with Crippen LogP contribution in [0.2, 0.25) is 0 Å². The second kappa shape index (κ2) is 9.01. The quantitative estimate of drug-likeness (QED) is 0.348. The summed E-state index contributed by atoms with van der Waals surface area (Å²) in [5.41, 5.74) is 0.769. The number of nitro groups is 1. The van der Waals surface area contributed by atoms with Crippen LogP contribution in [0.4, 0.5) is 5.69 Å². The Bertz CT molecular complexity index is 914. The highest BCUT2D eigenvalue weighted by atomic mass is 16.6. The number of ether oxygens (including phenoxy) is 2. The molecule has 0 aliphatic rings. The van der Waals surface area contributed by atoms with Gasteiger partial charge in [0.25, 0.3) is 5.91 Å². The highest BCUT2D eigenvalue weighted by molar-refractivity contribution is 6.01. The van der Waals surface area contributed by atoms with Gasteiger partial charge in [0.15, 0.2) is 5.75 Å². The number of amides is 1. The molecule has 0 unspecified atom stereocenters. The summed E-state index contributed by atoms with van der Waals surface area (Å²) in [6.07, 6.45) is 1.29. The lowest BCUT2D eigenvalue weighted by atomic mass is 10.1. The van der Waals surface area contributed by atoms with E-state index in [2.05, 4.69) is 5.32 Å². The van der Waals surface area contributed by atoms with Crippen molar-refractivity contribution in [3.05, 3.63) is 69.3 Å². The third-order valence-electron chi connectivity index (χ3n) is 3.69. The first-order valence-electron chi connectivity index (χ1n) is 7.84. The number of nitrogens with zero attached hydrogens (tertiary/aromatic N) is 2. The van der Waals surface area contributed by atoms with Gasteiger partial charge in [-0.3, -0.25) is 14.9 Å². The number of nitriles is 1. The summed E-state index contributed by atoms with van der Waals surface area (Å²) in [5.74, 6) is 0.218. The number of hydrogen-bond acceptors (Lipinski definition) is 6. The highest BCUT2D eigenvalue weighted by Crippen LogP contribution is 2.28. The molecule has 0 aliphatic heterocycles. The van der Waals surface area contributed by atoms with E-state index in [9.17, 15) is 20.2 Å². The van der Waals surface area contributed by atoms with Crippen molar-refractivity contribution in [3.63, 3.8) is 0 Å². The molecule has 0 aromatic heterocycles. The molecule has 27 heavy (non-hydrogen) atoms. The van der Waals surface area contributed by atoms with Crippen molar-refractivity contribution in [3.8, 4) is 17.6 Å². The Hall–Kier alpha value is -3.86. The van der Waals surface area contributed by atoms with E-state index in [0.717, 1.165) is 5.56 Å². The molecule has 8 heteroatoms. The molecule has 0 saturated carbocycles. The fourth-order valence-corrected chi connectivity index (χ4v) is 2.28. The van der Waals surface area contributed by atoms with Crippen LogP contribution in [0.3, 0.4) is 0 Å². The lowest BCUT2D eigenvalue weighted by molar-refractivity contribution is -0.385. The molecule has 1 amide bonds. The first-order chi connectivity index (χ1) is 13.0. The summed E-state index contributed by atoms with van der Waals surface area (Å²) in [6.45, 7) is 0.227. The SMILES string of the molecule is COc1ccc(CNC(=O)/C(C#N)=C\c2ccc(OC)c([N+](=O)[O-])c2)cc1. The molecule has 2 aromatic rings. The summed E-state index contributed by atoms with van der Waals surface area (Å²) >= 11 is 0. The van der Waals surface area contributed by atoms with Crippen molar-refractivity contribution in [2.45, 2.75) is 6.54 Å². The zero-order valence-electron chi connectivity index (χ0n) is 14.8. The summed E-state index contributed by atoms with van der Waals surface area (Å²) in [6, 6.07) is 13.1. The maximum atomic E-state index is 12.2. The molecule has 2 aromatic carbocycles. The first-order valence-corrected chi connectivity index (χ1v) is 7.84. The van der Waals surface area contributed by atoms with Crippen LogP contribution in [0, 0.1) is 21.4 Å². The van der Waals surface area contributed by atoms with E-state index in [1.165, 1.54) is 31.4 Å². The Morgan fingerprint density at radius 2 is 1.93 bits per heavy atom. The number of hydrogen-bond donors (Lipinski definition) is 1. The summed E-state index contributed by atoms with van der Waals surface area (Å²) < 4.78 is 9.99.